The van der Waals surface area contributed by atoms with E-state index in [0.29, 0.717) is 37.1 Å². The molecular weight excluding hydrogens is 390 g/mol. The van der Waals surface area contributed by atoms with E-state index in [-0.39, 0.29) is 11.5 Å². The van der Waals surface area contributed by atoms with E-state index >= 15 is 0 Å². The predicted molar refractivity (Wildman–Crippen MR) is 111 cm³/mol. The molecule has 0 spiro atoms. The van der Waals surface area contributed by atoms with Crippen molar-refractivity contribution in [3.8, 4) is 0 Å². The van der Waals surface area contributed by atoms with Gasteiger partial charge in [-0.05, 0) is 23.6 Å². The smallest absolute Gasteiger partial charge is 0.349 e. The first-order valence-electron chi connectivity index (χ1n) is 9.47. The minimum absolute atomic E-state index is 0.00915. The van der Waals surface area contributed by atoms with Crippen molar-refractivity contribution in [2.24, 2.45) is 0 Å². The first kappa shape index (κ1) is 19.4. The second kappa shape index (κ2) is 8.59. The highest BCUT2D eigenvalue weighted by Crippen LogP contribution is 2.13. The Bertz CT molecular complexity index is 1070. The second-order valence-electron chi connectivity index (χ2n) is 6.89. The molecule has 1 N–H and O–H groups in total. The zero-order chi connectivity index (χ0) is 20.2. The molecule has 0 atom stereocenters. The number of carbonyl (C=O) groups excluding carboxylic acids is 2. The zero-order valence-electron chi connectivity index (χ0n) is 15.8. The lowest BCUT2D eigenvalue weighted by molar-refractivity contribution is 0.0638. The molecule has 2 amide bonds. The van der Waals surface area contributed by atoms with Crippen LogP contribution in [0.5, 0.6) is 0 Å². The molecule has 0 aliphatic carbocycles. The number of rotatable bonds is 5. The van der Waals surface area contributed by atoms with Crippen LogP contribution in [0, 0.1) is 0 Å². The third-order valence-electron chi connectivity index (χ3n) is 5.03. The van der Waals surface area contributed by atoms with Gasteiger partial charge in [0.1, 0.15) is 11.1 Å². The summed E-state index contributed by atoms with van der Waals surface area (Å²) in [5.41, 5.74) is 0.575. The molecule has 1 aliphatic heterocycles. The van der Waals surface area contributed by atoms with Gasteiger partial charge in [-0.15, -0.1) is 0 Å². The molecular formula is C21H21N3O4S. The molecule has 7 nitrogen and oxygen atoms in total. The number of hydrogen-bond acceptors (Lipinski definition) is 6. The molecule has 3 heterocycles. The Morgan fingerprint density at radius 2 is 1.90 bits per heavy atom. The summed E-state index contributed by atoms with van der Waals surface area (Å²) in [6, 6.07) is 10.5. The van der Waals surface area contributed by atoms with Crippen LogP contribution in [0.1, 0.15) is 20.7 Å². The van der Waals surface area contributed by atoms with Crippen LogP contribution < -0.4 is 10.9 Å². The Hall–Kier alpha value is -2.97. The maximum Gasteiger partial charge on any atom is 0.349 e. The quantitative estimate of drug-likeness (QED) is 0.650. The first-order chi connectivity index (χ1) is 14.1. The number of benzene rings is 1. The molecule has 1 saturated heterocycles. The average Bonchev–Trinajstić information content (AvgIpc) is 3.28. The largest absolute Gasteiger partial charge is 0.422 e. The lowest BCUT2D eigenvalue weighted by atomic mass is 10.2. The molecule has 0 unspecified atom stereocenters. The lowest BCUT2D eigenvalue weighted by Crippen LogP contribution is -2.50. The average molecular weight is 411 g/mol. The van der Waals surface area contributed by atoms with E-state index in [2.05, 4.69) is 10.2 Å². The Balaban J connectivity index is 1.27. The topological polar surface area (TPSA) is 82.9 Å². The molecule has 1 fully saturated rings. The molecule has 0 bridgehead atoms. The van der Waals surface area contributed by atoms with Crippen molar-refractivity contribution in [2.75, 3.05) is 39.3 Å². The van der Waals surface area contributed by atoms with Crippen molar-refractivity contribution < 1.29 is 14.0 Å². The standard InChI is InChI=1S/C21H21N3O4S/c25-19(17-13-15-3-1-2-4-18(15)28-21(17)27)22-6-7-23-8-10-24(11-9-23)20(26)16-5-12-29-14-16/h1-5,12-14H,6-11H2,(H,22,25). The van der Waals surface area contributed by atoms with E-state index in [1.54, 1.807) is 24.3 Å². The monoisotopic (exact) mass is 411 g/mol. The molecule has 150 valence electrons. The summed E-state index contributed by atoms with van der Waals surface area (Å²) >= 11 is 1.52. The van der Waals surface area contributed by atoms with E-state index in [4.69, 9.17) is 4.42 Å². The van der Waals surface area contributed by atoms with E-state index in [9.17, 15) is 14.4 Å². The summed E-state index contributed by atoms with van der Waals surface area (Å²) in [7, 11) is 0. The van der Waals surface area contributed by atoms with Gasteiger partial charge in [-0.25, -0.2) is 4.79 Å². The van der Waals surface area contributed by atoms with Crippen LogP contribution in [-0.2, 0) is 0 Å². The van der Waals surface area contributed by atoms with Crippen LogP contribution in [0.25, 0.3) is 11.0 Å². The molecule has 1 aromatic carbocycles. The number of para-hydroxylation sites is 1. The first-order valence-corrected chi connectivity index (χ1v) is 10.4. The summed E-state index contributed by atoms with van der Waals surface area (Å²) in [6.45, 7) is 3.91. The van der Waals surface area contributed by atoms with Crippen molar-refractivity contribution in [3.63, 3.8) is 0 Å². The summed E-state index contributed by atoms with van der Waals surface area (Å²) in [5.74, 6) is -0.363. The number of amides is 2. The molecule has 4 rings (SSSR count). The number of fused-ring (bicyclic) bond motifs is 1. The maximum atomic E-state index is 12.4. The Kier molecular flexibility index (Phi) is 5.73. The van der Waals surface area contributed by atoms with Crippen LogP contribution in [0.3, 0.4) is 0 Å². The van der Waals surface area contributed by atoms with Crippen molar-refractivity contribution in [2.45, 2.75) is 0 Å². The van der Waals surface area contributed by atoms with E-state index in [0.717, 1.165) is 18.7 Å². The highest BCUT2D eigenvalue weighted by molar-refractivity contribution is 7.08. The minimum atomic E-state index is -0.637. The van der Waals surface area contributed by atoms with Crippen LogP contribution in [0.2, 0.25) is 0 Å². The fourth-order valence-electron chi connectivity index (χ4n) is 3.39. The van der Waals surface area contributed by atoms with Crippen molar-refractivity contribution >= 4 is 34.1 Å². The SMILES string of the molecule is O=C(NCCN1CCN(C(=O)c2ccsc2)CC1)c1cc2ccccc2oc1=O. The van der Waals surface area contributed by atoms with Crippen molar-refractivity contribution in [3.05, 3.63) is 68.7 Å². The summed E-state index contributed by atoms with van der Waals surface area (Å²) in [4.78, 5) is 40.9. The molecule has 2 aromatic heterocycles. The summed E-state index contributed by atoms with van der Waals surface area (Å²) < 4.78 is 5.21. The number of hydrogen-bond donors (Lipinski definition) is 1. The number of nitrogens with zero attached hydrogens (tertiary/aromatic N) is 2. The molecule has 0 radical (unpaired) electrons. The van der Waals surface area contributed by atoms with Gasteiger partial charge in [0.25, 0.3) is 11.8 Å². The van der Waals surface area contributed by atoms with Crippen LogP contribution in [0.4, 0.5) is 0 Å². The van der Waals surface area contributed by atoms with Gasteiger partial charge >= 0.3 is 5.63 Å². The van der Waals surface area contributed by atoms with Gasteiger partial charge in [0.05, 0.1) is 5.56 Å². The minimum Gasteiger partial charge on any atom is -0.422 e. The van der Waals surface area contributed by atoms with E-state index in [1.807, 2.05) is 27.8 Å². The number of piperazine rings is 1. The third kappa shape index (κ3) is 4.38. The highest BCUT2D eigenvalue weighted by Gasteiger charge is 2.22. The van der Waals surface area contributed by atoms with Gasteiger partial charge < -0.3 is 14.6 Å². The number of nitrogens with one attached hydrogen (secondary N) is 1. The Labute approximate surface area is 171 Å². The fraction of sp³-hybridized carbons (Fsp3) is 0.286. The zero-order valence-corrected chi connectivity index (χ0v) is 16.6. The van der Waals surface area contributed by atoms with Crippen LogP contribution >= 0.6 is 11.3 Å². The fourth-order valence-corrected chi connectivity index (χ4v) is 4.02. The summed E-state index contributed by atoms with van der Waals surface area (Å²) in [6.07, 6.45) is 0. The van der Waals surface area contributed by atoms with Crippen LogP contribution in [0.15, 0.2) is 56.4 Å². The highest BCUT2D eigenvalue weighted by atomic mass is 32.1. The third-order valence-corrected chi connectivity index (χ3v) is 5.71. The summed E-state index contributed by atoms with van der Waals surface area (Å²) in [5, 5.41) is 7.27. The van der Waals surface area contributed by atoms with E-state index in [1.165, 1.54) is 11.3 Å². The Morgan fingerprint density at radius 1 is 1.10 bits per heavy atom. The Morgan fingerprint density at radius 3 is 2.66 bits per heavy atom. The van der Waals surface area contributed by atoms with Crippen molar-refractivity contribution in [1.82, 2.24) is 15.1 Å². The molecule has 0 saturated carbocycles. The van der Waals surface area contributed by atoms with Gasteiger partial charge in [0, 0.05) is 50.0 Å². The van der Waals surface area contributed by atoms with Gasteiger partial charge in [0.15, 0.2) is 0 Å². The van der Waals surface area contributed by atoms with Gasteiger partial charge in [-0.2, -0.15) is 11.3 Å². The lowest BCUT2D eigenvalue weighted by Gasteiger charge is -2.34. The number of carbonyl (C=O) groups is 2. The van der Waals surface area contributed by atoms with Crippen molar-refractivity contribution in [1.29, 1.82) is 0 Å². The van der Waals surface area contributed by atoms with Crippen LogP contribution in [-0.4, -0.2) is 60.9 Å². The van der Waals surface area contributed by atoms with E-state index < -0.39 is 11.5 Å². The molecule has 8 heteroatoms. The predicted octanol–water partition coefficient (Wildman–Crippen LogP) is 2.04. The molecule has 1 aliphatic rings. The maximum absolute atomic E-state index is 12.4. The number of thiophene rings is 1. The van der Waals surface area contributed by atoms with Gasteiger partial charge in [0.2, 0.25) is 0 Å². The normalized spacial score (nSPS) is 14.8. The molecule has 3 aromatic rings. The van der Waals surface area contributed by atoms with Gasteiger partial charge in [-0.1, -0.05) is 18.2 Å². The van der Waals surface area contributed by atoms with Gasteiger partial charge in [-0.3, -0.25) is 14.5 Å². The second-order valence-corrected chi connectivity index (χ2v) is 7.67. The molecule has 29 heavy (non-hydrogen) atoms.